The lowest BCUT2D eigenvalue weighted by Crippen LogP contribution is -2.42. The summed E-state index contributed by atoms with van der Waals surface area (Å²) in [6.45, 7) is 3.57. The van der Waals surface area contributed by atoms with E-state index in [4.69, 9.17) is 14.2 Å². The number of methoxy groups -OCH3 is 1. The molecule has 2 fully saturated rings. The molecule has 1 aliphatic heterocycles. The maximum atomic E-state index is 5.74. The van der Waals surface area contributed by atoms with Crippen molar-refractivity contribution in [2.45, 2.75) is 56.8 Å². The van der Waals surface area contributed by atoms with Crippen LogP contribution in [0, 0.1) is 0 Å². The summed E-state index contributed by atoms with van der Waals surface area (Å²) in [6, 6.07) is 0.658. The molecule has 1 heterocycles. The average molecular weight is 257 g/mol. The van der Waals surface area contributed by atoms with Crippen LogP contribution in [0.25, 0.3) is 0 Å². The SMILES string of the molecule is COCCCCCNC1CCC2(CC1)OCCO2. The minimum absolute atomic E-state index is 0.212. The number of hydrogen-bond acceptors (Lipinski definition) is 4. The minimum atomic E-state index is -0.212. The minimum Gasteiger partial charge on any atom is -0.385 e. The van der Waals surface area contributed by atoms with Gasteiger partial charge in [0.2, 0.25) is 0 Å². The average Bonchev–Trinajstić information content (AvgIpc) is 2.85. The number of hydrogen-bond donors (Lipinski definition) is 1. The van der Waals surface area contributed by atoms with Gasteiger partial charge in [-0.2, -0.15) is 0 Å². The topological polar surface area (TPSA) is 39.7 Å². The van der Waals surface area contributed by atoms with Crippen LogP contribution in [0.4, 0.5) is 0 Å². The molecule has 4 nitrogen and oxygen atoms in total. The van der Waals surface area contributed by atoms with Gasteiger partial charge in [-0.05, 0) is 38.6 Å². The summed E-state index contributed by atoms with van der Waals surface area (Å²) >= 11 is 0. The fourth-order valence-corrected chi connectivity index (χ4v) is 2.90. The maximum Gasteiger partial charge on any atom is 0.168 e. The lowest BCUT2D eigenvalue weighted by molar-refractivity contribution is -0.179. The third kappa shape index (κ3) is 4.19. The standard InChI is InChI=1S/C14H27NO3/c1-16-10-4-2-3-9-15-13-5-7-14(8-6-13)17-11-12-18-14/h13,15H,2-12H2,1H3. The smallest absolute Gasteiger partial charge is 0.168 e. The van der Waals surface area contributed by atoms with Gasteiger partial charge in [0, 0.05) is 32.6 Å². The molecular weight excluding hydrogens is 230 g/mol. The van der Waals surface area contributed by atoms with Crippen LogP contribution in [-0.4, -0.2) is 45.3 Å². The predicted octanol–water partition coefficient (Wildman–Crippen LogP) is 2.08. The third-order valence-electron chi connectivity index (χ3n) is 4.02. The second kappa shape index (κ2) is 7.43. The Morgan fingerprint density at radius 1 is 1.11 bits per heavy atom. The molecule has 1 spiro atoms. The summed E-state index contributed by atoms with van der Waals surface area (Å²) in [4.78, 5) is 0. The van der Waals surface area contributed by atoms with Crippen molar-refractivity contribution in [3.8, 4) is 0 Å². The summed E-state index contributed by atoms with van der Waals surface area (Å²) in [5.74, 6) is -0.212. The molecule has 2 aliphatic rings. The highest BCUT2D eigenvalue weighted by atomic mass is 16.7. The van der Waals surface area contributed by atoms with Crippen LogP contribution in [0.15, 0.2) is 0 Å². The molecular formula is C14H27NO3. The number of rotatable bonds is 7. The van der Waals surface area contributed by atoms with Gasteiger partial charge in [0.25, 0.3) is 0 Å². The van der Waals surface area contributed by atoms with E-state index in [0.29, 0.717) is 6.04 Å². The number of nitrogens with one attached hydrogen (secondary N) is 1. The quantitative estimate of drug-likeness (QED) is 0.709. The summed E-state index contributed by atoms with van der Waals surface area (Å²) in [6.07, 6.45) is 8.13. The highest BCUT2D eigenvalue weighted by Gasteiger charge is 2.39. The first-order valence-electron chi connectivity index (χ1n) is 7.35. The zero-order valence-corrected chi connectivity index (χ0v) is 11.6. The second-order valence-corrected chi connectivity index (χ2v) is 5.39. The Labute approximate surface area is 110 Å². The van der Waals surface area contributed by atoms with Crippen molar-refractivity contribution in [2.75, 3.05) is 33.5 Å². The van der Waals surface area contributed by atoms with E-state index < -0.39 is 0 Å². The zero-order valence-electron chi connectivity index (χ0n) is 11.6. The molecule has 0 unspecified atom stereocenters. The maximum absolute atomic E-state index is 5.74. The van der Waals surface area contributed by atoms with Crippen LogP contribution in [0.2, 0.25) is 0 Å². The Hall–Kier alpha value is -0.160. The van der Waals surface area contributed by atoms with Gasteiger partial charge in [-0.3, -0.25) is 0 Å². The highest BCUT2D eigenvalue weighted by molar-refractivity contribution is 4.85. The first-order valence-corrected chi connectivity index (χ1v) is 7.35. The molecule has 1 aliphatic carbocycles. The van der Waals surface area contributed by atoms with Gasteiger partial charge in [0.1, 0.15) is 0 Å². The van der Waals surface area contributed by atoms with E-state index in [0.717, 1.165) is 39.2 Å². The molecule has 0 atom stereocenters. The Balaban J connectivity index is 1.51. The van der Waals surface area contributed by atoms with E-state index in [9.17, 15) is 0 Å². The molecule has 4 heteroatoms. The van der Waals surface area contributed by atoms with Crippen LogP contribution in [0.3, 0.4) is 0 Å². The van der Waals surface area contributed by atoms with Crippen LogP contribution in [-0.2, 0) is 14.2 Å². The van der Waals surface area contributed by atoms with Gasteiger partial charge >= 0.3 is 0 Å². The molecule has 0 aromatic rings. The predicted molar refractivity (Wildman–Crippen MR) is 70.6 cm³/mol. The Kier molecular flexibility index (Phi) is 5.89. The fraction of sp³-hybridized carbons (Fsp3) is 1.00. The number of ether oxygens (including phenoxy) is 3. The van der Waals surface area contributed by atoms with Crippen molar-refractivity contribution in [2.24, 2.45) is 0 Å². The molecule has 0 amide bonds. The molecule has 1 N–H and O–H groups in total. The van der Waals surface area contributed by atoms with Gasteiger partial charge in [-0.25, -0.2) is 0 Å². The van der Waals surface area contributed by atoms with Crippen molar-refractivity contribution >= 4 is 0 Å². The van der Waals surface area contributed by atoms with Gasteiger partial charge in [-0.15, -0.1) is 0 Å². The van der Waals surface area contributed by atoms with Crippen LogP contribution < -0.4 is 5.32 Å². The van der Waals surface area contributed by atoms with E-state index in [1.54, 1.807) is 7.11 Å². The molecule has 18 heavy (non-hydrogen) atoms. The van der Waals surface area contributed by atoms with Crippen LogP contribution >= 0.6 is 0 Å². The van der Waals surface area contributed by atoms with Gasteiger partial charge in [0.15, 0.2) is 5.79 Å². The molecule has 0 bridgehead atoms. The normalized spacial score (nSPS) is 23.8. The Morgan fingerprint density at radius 3 is 2.50 bits per heavy atom. The highest BCUT2D eigenvalue weighted by Crippen LogP contribution is 2.35. The molecule has 1 saturated carbocycles. The van der Waals surface area contributed by atoms with E-state index >= 15 is 0 Å². The second-order valence-electron chi connectivity index (χ2n) is 5.39. The van der Waals surface area contributed by atoms with E-state index in [-0.39, 0.29) is 5.79 Å². The molecule has 106 valence electrons. The molecule has 1 saturated heterocycles. The van der Waals surface area contributed by atoms with E-state index in [2.05, 4.69) is 5.32 Å². The van der Waals surface area contributed by atoms with Crippen molar-refractivity contribution in [1.82, 2.24) is 5.32 Å². The molecule has 0 aromatic heterocycles. The van der Waals surface area contributed by atoms with E-state index in [1.807, 2.05) is 0 Å². The van der Waals surface area contributed by atoms with E-state index in [1.165, 1.54) is 32.1 Å². The third-order valence-corrected chi connectivity index (χ3v) is 4.02. The lowest BCUT2D eigenvalue weighted by Gasteiger charge is -2.35. The zero-order chi connectivity index (χ0) is 12.7. The summed E-state index contributed by atoms with van der Waals surface area (Å²) in [7, 11) is 1.77. The van der Waals surface area contributed by atoms with Gasteiger partial charge in [0.05, 0.1) is 13.2 Å². The van der Waals surface area contributed by atoms with Crippen LogP contribution in [0.5, 0.6) is 0 Å². The van der Waals surface area contributed by atoms with Crippen molar-refractivity contribution in [3.63, 3.8) is 0 Å². The van der Waals surface area contributed by atoms with Crippen molar-refractivity contribution in [1.29, 1.82) is 0 Å². The first kappa shape index (κ1) is 14.3. The van der Waals surface area contributed by atoms with Crippen LogP contribution in [0.1, 0.15) is 44.9 Å². The van der Waals surface area contributed by atoms with Crippen molar-refractivity contribution in [3.05, 3.63) is 0 Å². The first-order chi connectivity index (χ1) is 8.85. The molecule has 0 radical (unpaired) electrons. The Morgan fingerprint density at radius 2 is 1.83 bits per heavy atom. The lowest BCUT2D eigenvalue weighted by atomic mass is 9.90. The summed E-state index contributed by atoms with van der Waals surface area (Å²) in [5.41, 5.74) is 0. The van der Waals surface area contributed by atoms with Gasteiger partial charge < -0.3 is 19.5 Å². The molecule has 2 rings (SSSR count). The van der Waals surface area contributed by atoms with Gasteiger partial charge in [-0.1, -0.05) is 0 Å². The summed E-state index contributed by atoms with van der Waals surface area (Å²) < 4.78 is 16.5. The number of unbranched alkanes of at least 4 members (excludes halogenated alkanes) is 2. The largest absolute Gasteiger partial charge is 0.385 e. The summed E-state index contributed by atoms with van der Waals surface area (Å²) in [5, 5.41) is 3.65. The Bertz CT molecular complexity index is 219. The molecule has 0 aromatic carbocycles. The fourth-order valence-electron chi connectivity index (χ4n) is 2.90. The van der Waals surface area contributed by atoms with Crippen molar-refractivity contribution < 1.29 is 14.2 Å². The monoisotopic (exact) mass is 257 g/mol.